The lowest BCUT2D eigenvalue weighted by Gasteiger charge is -2.04. The number of benzene rings is 2. The molecule has 0 aliphatic rings. The van der Waals surface area contributed by atoms with Gasteiger partial charge in [0.2, 0.25) is 0 Å². The minimum atomic E-state index is -1.15. The van der Waals surface area contributed by atoms with Crippen molar-refractivity contribution in [3.05, 3.63) is 81.9 Å². The fraction of sp³-hybridized carbons (Fsp3) is 0. The van der Waals surface area contributed by atoms with Crippen LogP contribution in [0.1, 0.15) is 20.7 Å². The molecular formula is C18H12N2O5S. The average Bonchev–Trinajstić information content (AvgIpc) is 3.06. The number of rotatable bonds is 5. The molecule has 3 rings (SSSR count). The Morgan fingerprint density at radius 3 is 2.27 bits per heavy atom. The highest BCUT2D eigenvalue weighted by Gasteiger charge is 2.19. The van der Waals surface area contributed by atoms with E-state index in [0.717, 1.165) is 16.9 Å². The second-order valence-corrected chi connectivity index (χ2v) is 6.33. The molecule has 0 aliphatic heterocycles. The van der Waals surface area contributed by atoms with Crippen molar-refractivity contribution in [1.82, 2.24) is 0 Å². The van der Waals surface area contributed by atoms with Crippen LogP contribution in [-0.2, 0) is 0 Å². The maximum Gasteiger partial charge on any atom is 0.338 e. The lowest BCUT2D eigenvalue weighted by molar-refractivity contribution is -0.384. The number of anilines is 1. The summed E-state index contributed by atoms with van der Waals surface area (Å²) in [5.41, 5.74) is 0.900. The van der Waals surface area contributed by atoms with E-state index in [2.05, 4.69) is 5.32 Å². The number of carboxylic acids is 1. The molecule has 2 aromatic carbocycles. The van der Waals surface area contributed by atoms with E-state index in [1.807, 2.05) is 30.3 Å². The van der Waals surface area contributed by atoms with E-state index >= 15 is 0 Å². The lowest BCUT2D eigenvalue weighted by atomic mass is 10.1. The normalized spacial score (nSPS) is 10.3. The van der Waals surface area contributed by atoms with Crippen molar-refractivity contribution >= 4 is 33.9 Å². The maximum absolute atomic E-state index is 12.3. The number of carbonyl (C=O) groups excluding carboxylic acids is 1. The zero-order valence-corrected chi connectivity index (χ0v) is 14.0. The van der Waals surface area contributed by atoms with Gasteiger partial charge in [0.25, 0.3) is 11.6 Å². The van der Waals surface area contributed by atoms with Crippen LogP contribution in [-0.4, -0.2) is 21.9 Å². The minimum absolute atomic E-state index is 0.0101. The Morgan fingerprint density at radius 2 is 1.69 bits per heavy atom. The summed E-state index contributed by atoms with van der Waals surface area (Å²) in [6.07, 6.45) is 0. The fourth-order valence-electron chi connectivity index (χ4n) is 2.30. The van der Waals surface area contributed by atoms with Crippen LogP contribution in [0.15, 0.2) is 60.7 Å². The first-order valence-corrected chi connectivity index (χ1v) is 8.25. The van der Waals surface area contributed by atoms with Gasteiger partial charge in [0, 0.05) is 22.6 Å². The van der Waals surface area contributed by atoms with E-state index in [1.54, 1.807) is 0 Å². The molecule has 130 valence electrons. The van der Waals surface area contributed by atoms with Gasteiger partial charge in [0.05, 0.1) is 10.5 Å². The first kappa shape index (κ1) is 17.3. The molecule has 0 saturated carbocycles. The molecule has 0 radical (unpaired) electrons. The van der Waals surface area contributed by atoms with Crippen LogP contribution >= 0.6 is 11.3 Å². The molecular weight excluding hydrogens is 356 g/mol. The van der Waals surface area contributed by atoms with Gasteiger partial charge >= 0.3 is 5.97 Å². The number of non-ortho nitro benzene ring substituents is 1. The van der Waals surface area contributed by atoms with Crippen LogP contribution in [0, 0.1) is 10.1 Å². The van der Waals surface area contributed by atoms with Crippen molar-refractivity contribution in [1.29, 1.82) is 0 Å². The van der Waals surface area contributed by atoms with Gasteiger partial charge in [-0.3, -0.25) is 14.9 Å². The van der Waals surface area contributed by atoms with Crippen molar-refractivity contribution in [2.45, 2.75) is 0 Å². The molecule has 0 bridgehead atoms. The summed E-state index contributed by atoms with van der Waals surface area (Å²) in [6, 6.07) is 15.8. The number of carboxylic acid groups (broad SMARTS) is 1. The van der Waals surface area contributed by atoms with E-state index in [0.29, 0.717) is 4.88 Å². The molecule has 0 spiro atoms. The molecule has 3 aromatic rings. The summed E-state index contributed by atoms with van der Waals surface area (Å²) in [5, 5.41) is 22.8. The number of nitro benzene ring substituents is 1. The molecule has 1 heterocycles. The summed E-state index contributed by atoms with van der Waals surface area (Å²) >= 11 is 1.15. The number of hydrogen-bond donors (Lipinski definition) is 2. The summed E-state index contributed by atoms with van der Waals surface area (Å²) in [6.45, 7) is 0. The lowest BCUT2D eigenvalue weighted by Crippen LogP contribution is -2.13. The number of nitrogens with zero attached hydrogens (tertiary/aromatic N) is 1. The van der Waals surface area contributed by atoms with Crippen LogP contribution in [0.4, 0.5) is 10.7 Å². The molecule has 2 N–H and O–H groups in total. The van der Waals surface area contributed by atoms with Gasteiger partial charge in [-0.2, -0.15) is 0 Å². The Bertz CT molecular complexity index is 981. The summed E-state index contributed by atoms with van der Waals surface area (Å²) in [7, 11) is 0. The highest BCUT2D eigenvalue weighted by atomic mass is 32.1. The highest BCUT2D eigenvalue weighted by molar-refractivity contribution is 7.20. The molecule has 1 aromatic heterocycles. The second-order valence-electron chi connectivity index (χ2n) is 5.28. The molecule has 26 heavy (non-hydrogen) atoms. The predicted molar refractivity (Wildman–Crippen MR) is 97.8 cm³/mol. The van der Waals surface area contributed by atoms with E-state index in [1.165, 1.54) is 30.3 Å². The van der Waals surface area contributed by atoms with E-state index in [4.69, 9.17) is 0 Å². The Balaban J connectivity index is 1.88. The largest absolute Gasteiger partial charge is 0.478 e. The van der Waals surface area contributed by atoms with Crippen molar-refractivity contribution < 1.29 is 19.6 Å². The van der Waals surface area contributed by atoms with E-state index < -0.39 is 16.8 Å². The fourth-order valence-corrected chi connectivity index (χ4v) is 3.35. The van der Waals surface area contributed by atoms with Crippen LogP contribution < -0.4 is 5.32 Å². The second kappa shape index (κ2) is 7.16. The summed E-state index contributed by atoms with van der Waals surface area (Å²) < 4.78 is 0. The number of amides is 1. The SMILES string of the molecule is O=C(Nc1sc(-c2ccccc2)cc1C(=O)O)c1ccc([N+](=O)[O-])cc1. The molecule has 0 unspecified atom stereocenters. The Hall–Kier alpha value is -3.52. The predicted octanol–water partition coefficient (Wildman–Crippen LogP) is 4.27. The highest BCUT2D eigenvalue weighted by Crippen LogP contribution is 2.35. The third-order valence-corrected chi connectivity index (χ3v) is 4.69. The molecule has 7 nitrogen and oxygen atoms in total. The molecule has 0 fully saturated rings. The first-order valence-electron chi connectivity index (χ1n) is 7.44. The smallest absolute Gasteiger partial charge is 0.338 e. The Labute approximate surface area is 151 Å². The molecule has 1 amide bonds. The zero-order valence-electron chi connectivity index (χ0n) is 13.2. The van der Waals surface area contributed by atoms with Crippen molar-refractivity contribution in [2.75, 3.05) is 5.32 Å². The van der Waals surface area contributed by atoms with Gasteiger partial charge in [-0.05, 0) is 23.8 Å². The molecule has 8 heteroatoms. The van der Waals surface area contributed by atoms with Gasteiger partial charge in [0.15, 0.2) is 0 Å². The Kier molecular flexibility index (Phi) is 4.76. The molecule has 0 aliphatic carbocycles. The van der Waals surface area contributed by atoms with Gasteiger partial charge in [-0.15, -0.1) is 11.3 Å². The summed E-state index contributed by atoms with van der Waals surface area (Å²) in [5.74, 6) is -1.69. The number of carbonyl (C=O) groups is 2. The third-order valence-electron chi connectivity index (χ3n) is 3.59. The zero-order chi connectivity index (χ0) is 18.7. The number of hydrogen-bond acceptors (Lipinski definition) is 5. The number of aromatic carboxylic acids is 1. The number of nitrogens with one attached hydrogen (secondary N) is 1. The Morgan fingerprint density at radius 1 is 1.04 bits per heavy atom. The van der Waals surface area contributed by atoms with Gasteiger partial charge in [0.1, 0.15) is 5.00 Å². The van der Waals surface area contributed by atoms with Gasteiger partial charge < -0.3 is 10.4 Å². The van der Waals surface area contributed by atoms with Crippen LogP contribution in [0.2, 0.25) is 0 Å². The van der Waals surface area contributed by atoms with Crippen LogP contribution in [0.5, 0.6) is 0 Å². The summed E-state index contributed by atoms with van der Waals surface area (Å²) in [4.78, 5) is 34.7. The van der Waals surface area contributed by atoms with E-state index in [9.17, 15) is 24.8 Å². The average molecular weight is 368 g/mol. The van der Waals surface area contributed by atoms with Gasteiger partial charge in [-0.25, -0.2) is 4.79 Å². The van der Waals surface area contributed by atoms with Crippen LogP contribution in [0.25, 0.3) is 10.4 Å². The molecule has 0 atom stereocenters. The quantitative estimate of drug-likeness (QED) is 0.516. The minimum Gasteiger partial charge on any atom is -0.478 e. The van der Waals surface area contributed by atoms with Gasteiger partial charge in [-0.1, -0.05) is 30.3 Å². The maximum atomic E-state index is 12.3. The van der Waals surface area contributed by atoms with Crippen molar-refractivity contribution in [3.8, 4) is 10.4 Å². The van der Waals surface area contributed by atoms with Crippen LogP contribution in [0.3, 0.4) is 0 Å². The third kappa shape index (κ3) is 3.60. The van der Waals surface area contributed by atoms with Crippen molar-refractivity contribution in [2.24, 2.45) is 0 Å². The molecule has 0 saturated heterocycles. The monoisotopic (exact) mass is 368 g/mol. The topological polar surface area (TPSA) is 110 Å². The van der Waals surface area contributed by atoms with E-state index in [-0.39, 0.29) is 21.8 Å². The van der Waals surface area contributed by atoms with Crippen molar-refractivity contribution in [3.63, 3.8) is 0 Å². The first-order chi connectivity index (χ1) is 12.5. The standard InChI is InChI=1S/C18H12N2O5S/c21-16(12-6-8-13(9-7-12)20(24)25)19-17-14(18(22)23)10-15(26-17)11-4-2-1-3-5-11/h1-10H,(H,19,21)(H,22,23). The number of thiophene rings is 1. The number of nitro groups is 1.